The van der Waals surface area contributed by atoms with Crippen molar-refractivity contribution in [1.82, 2.24) is 0 Å². The lowest BCUT2D eigenvalue weighted by atomic mass is 10.1. The Morgan fingerprint density at radius 3 is 2.31 bits per heavy atom. The SMILES string of the molecule is CCCCOc1ccc(NC(=O)CNc2cccc(OCCCc3ccccc3)c2)cc1. The van der Waals surface area contributed by atoms with E-state index in [1.807, 2.05) is 54.6 Å². The molecule has 0 aromatic heterocycles. The summed E-state index contributed by atoms with van der Waals surface area (Å²) in [7, 11) is 0. The van der Waals surface area contributed by atoms with E-state index in [2.05, 4.69) is 41.8 Å². The van der Waals surface area contributed by atoms with Gasteiger partial charge in [-0.25, -0.2) is 0 Å². The molecule has 0 radical (unpaired) electrons. The zero-order valence-corrected chi connectivity index (χ0v) is 18.7. The minimum atomic E-state index is -0.112. The highest BCUT2D eigenvalue weighted by molar-refractivity contribution is 5.93. The fourth-order valence-corrected chi connectivity index (χ4v) is 3.16. The largest absolute Gasteiger partial charge is 0.494 e. The summed E-state index contributed by atoms with van der Waals surface area (Å²) in [6, 6.07) is 25.5. The van der Waals surface area contributed by atoms with Crippen molar-refractivity contribution in [2.75, 3.05) is 30.4 Å². The van der Waals surface area contributed by atoms with Gasteiger partial charge in [0.1, 0.15) is 11.5 Å². The minimum absolute atomic E-state index is 0.112. The van der Waals surface area contributed by atoms with Crippen LogP contribution in [0.2, 0.25) is 0 Å². The van der Waals surface area contributed by atoms with E-state index < -0.39 is 0 Å². The summed E-state index contributed by atoms with van der Waals surface area (Å²) in [5, 5.41) is 6.04. The minimum Gasteiger partial charge on any atom is -0.494 e. The normalized spacial score (nSPS) is 10.4. The molecule has 0 aliphatic heterocycles. The molecule has 1 amide bonds. The van der Waals surface area contributed by atoms with Gasteiger partial charge in [-0.1, -0.05) is 49.7 Å². The molecule has 3 aromatic carbocycles. The number of benzene rings is 3. The third kappa shape index (κ3) is 8.34. The summed E-state index contributed by atoms with van der Waals surface area (Å²) >= 11 is 0. The maximum atomic E-state index is 12.3. The number of nitrogens with one attached hydrogen (secondary N) is 2. The number of ether oxygens (including phenoxy) is 2. The topological polar surface area (TPSA) is 59.6 Å². The second kappa shape index (κ2) is 13.1. The molecule has 0 aliphatic carbocycles. The van der Waals surface area contributed by atoms with Crippen LogP contribution in [0.1, 0.15) is 31.7 Å². The third-order valence-electron chi connectivity index (χ3n) is 4.91. The van der Waals surface area contributed by atoms with E-state index in [4.69, 9.17) is 9.47 Å². The highest BCUT2D eigenvalue weighted by atomic mass is 16.5. The molecule has 5 heteroatoms. The van der Waals surface area contributed by atoms with Crippen LogP contribution in [-0.4, -0.2) is 25.7 Å². The first-order valence-electron chi connectivity index (χ1n) is 11.3. The molecular formula is C27H32N2O3. The molecule has 0 fully saturated rings. The van der Waals surface area contributed by atoms with Crippen LogP contribution in [0.25, 0.3) is 0 Å². The summed E-state index contributed by atoms with van der Waals surface area (Å²) in [5.74, 6) is 1.50. The second-order valence-corrected chi connectivity index (χ2v) is 7.59. The molecule has 0 heterocycles. The molecular weight excluding hydrogens is 400 g/mol. The van der Waals surface area contributed by atoms with Crippen LogP contribution in [0.15, 0.2) is 78.9 Å². The van der Waals surface area contributed by atoms with E-state index in [1.54, 1.807) is 0 Å². The number of amides is 1. The number of anilines is 2. The molecule has 0 saturated carbocycles. The number of unbranched alkanes of at least 4 members (excludes halogenated alkanes) is 1. The van der Waals surface area contributed by atoms with E-state index >= 15 is 0 Å². The van der Waals surface area contributed by atoms with Crippen molar-refractivity contribution in [1.29, 1.82) is 0 Å². The van der Waals surface area contributed by atoms with Gasteiger partial charge in [-0.2, -0.15) is 0 Å². The van der Waals surface area contributed by atoms with E-state index in [9.17, 15) is 4.79 Å². The van der Waals surface area contributed by atoms with Crippen molar-refractivity contribution in [3.63, 3.8) is 0 Å². The van der Waals surface area contributed by atoms with Crippen molar-refractivity contribution < 1.29 is 14.3 Å². The first-order valence-corrected chi connectivity index (χ1v) is 11.3. The quantitative estimate of drug-likeness (QED) is 0.329. The summed E-state index contributed by atoms with van der Waals surface area (Å²) in [6.07, 6.45) is 4.08. The van der Waals surface area contributed by atoms with Crippen LogP contribution in [0.4, 0.5) is 11.4 Å². The molecule has 3 aromatic rings. The Bertz CT molecular complexity index is 943. The number of hydrogen-bond acceptors (Lipinski definition) is 4. The van der Waals surface area contributed by atoms with Crippen LogP contribution in [-0.2, 0) is 11.2 Å². The number of carbonyl (C=O) groups excluding carboxylic acids is 1. The van der Waals surface area contributed by atoms with Gasteiger partial charge in [0, 0.05) is 17.4 Å². The van der Waals surface area contributed by atoms with Crippen LogP contribution in [0, 0.1) is 0 Å². The molecule has 32 heavy (non-hydrogen) atoms. The summed E-state index contributed by atoms with van der Waals surface area (Å²) in [4.78, 5) is 12.3. The van der Waals surface area contributed by atoms with Crippen molar-refractivity contribution in [3.8, 4) is 11.5 Å². The van der Waals surface area contributed by atoms with Crippen molar-refractivity contribution in [3.05, 3.63) is 84.4 Å². The Kier molecular flexibility index (Phi) is 9.46. The number of hydrogen-bond donors (Lipinski definition) is 2. The van der Waals surface area contributed by atoms with Crippen LogP contribution >= 0.6 is 0 Å². The van der Waals surface area contributed by atoms with Gasteiger partial charge in [0.2, 0.25) is 5.91 Å². The zero-order valence-electron chi connectivity index (χ0n) is 18.7. The average Bonchev–Trinajstić information content (AvgIpc) is 2.83. The van der Waals surface area contributed by atoms with Gasteiger partial charge < -0.3 is 20.1 Å². The Labute approximate surface area is 190 Å². The Morgan fingerprint density at radius 2 is 1.53 bits per heavy atom. The Morgan fingerprint density at radius 1 is 0.781 bits per heavy atom. The highest BCUT2D eigenvalue weighted by Crippen LogP contribution is 2.18. The Hall–Kier alpha value is -3.47. The van der Waals surface area contributed by atoms with E-state index in [0.717, 1.165) is 48.6 Å². The third-order valence-corrected chi connectivity index (χ3v) is 4.91. The van der Waals surface area contributed by atoms with Crippen molar-refractivity contribution >= 4 is 17.3 Å². The monoisotopic (exact) mass is 432 g/mol. The molecule has 5 nitrogen and oxygen atoms in total. The number of rotatable bonds is 13. The van der Waals surface area contributed by atoms with Crippen molar-refractivity contribution in [2.45, 2.75) is 32.6 Å². The molecule has 168 valence electrons. The van der Waals surface area contributed by atoms with Gasteiger partial charge in [-0.3, -0.25) is 4.79 Å². The standard InChI is InChI=1S/C27H32N2O3/c1-2-3-18-31-25-16-14-23(15-17-25)29-27(30)21-28-24-12-7-13-26(20-24)32-19-8-11-22-9-5-4-6-10-22/h4-7,9-10,12-17,20,28H,2-3,8,11,18-19,21H2,1H3,(H,29,30). The maximum Gasteiger partial charge on any atom is 0.243 e. The van der Waals surface area contributed by atoms with Crippen LogP contribution < -0.4 is 20.1 Å². The van der Waals surface area contributed by atoms with E-state index in [1.165, 1.54) is 5.56 Å². The summed E-state index contributed by atoms with van der Waals surface area (Å²) in [6.45, 7) is 3.66. The molecule has 0 atom stereocenters. The van der Waals surface area contributed by atoms with E-state index in [-0.39, 0.29) is 12.5 Å². The lowest BCUT2D eigenvalue weighted by Crippen LogP contribution is -2.21. The predicted octanol–water partition coefficient (Wildman–Crippen LogP) is 5.93. The highest BCUT2D eigenvalue weighted by Gasteiger charge is 2.04. The van der Waals surface area contributed by atoms with Gasteiger partial charge in [-0.15, -0.1) is 0 Å². The number of carbonyl (C=O) groups is 1. The van der Waals surface area contributed by atoms with Crippen LogP contribution in [0.5, 0.6) is 11.5 Å². The first-order chi connectivity index (χ1) is 15.7. The van der Waals surface area contributed by atoms with Gasteiger partial charge in [-0.05, 0) is 61.2 Å². The molecule has 0 saturated heterocycles. The van der Waals surface area contributed by atoms with Gasteiger partial charge >= 0.3 is 0 Å². The molecule has 0 unspecified atom stereocenters. The van der Waals surface area contributed by atoms with Gasteiger partial charge in [0.25, 0.3) is 0 Å². The summed E-state index contributed by atoms with van der Waals surface area (Å²) in [5.41, 5.74) is 2.91. The fourth-order valence-electron chi connectivity index (χ4n) is 3.16. The number of aryl methyl sites for hydroxylation is 1. The zero-order chi connectivity index (χ0) is 22.4. The summed E-state index contributed by atoms with van der Waals surface area (Å²) < 4.78 is 11.5. The lowest BCUT2D eigenvalue weighted by molar-refractivity contribution is -0.114. The molecule has 0 spiro atoms. The second-order valence-electron chi connectivity index (χ2n) is 7.59. The predicted molar refractivity (Wildman–Crippen MR) is 131 cm³/mol. The molecule has 2 N–H and O–H groups in total. The molecule has 0 aliphatic rings. The first kappa shape index (κ1) is 23.2. The van der Waals surface area contributed by atoms with Crippen LogP contribution in [0.3, 0.4) is 0 Å². The maximum absolute atomic E-state index is 12.3. The lowest BCUT2D eigenvalue weighted by Gasteiger charge is -2.11. The van der Waals surface area contributed by atoms with Crippen molar-refractivity contribution in [2.24, 2.45) is 0 Å². The fraction of sp³-hybridized carbons (Fsp3) is 0.296. The molecule has 3 rings (SSSR count). The molecule has 0 bridgehead atoms. The average molecular weight is 433 g/mol. The smallest absolute Gasteiger partial charge is 0.243 e. The van der Waals surface area contributed by atoms with Gasteiger partial charge in [0.05, 0.1) is 19.8 Å². The Balaban J connectivity index is 1.38. The van der Waals surface area contributed by atoms with Gasteiger partial charge in [0.15, 0.2) is 0 Å². The van der Waals surface area contributed by atoms with E-state index in [0.29, 0.717) is 13.2 Å².